The largest absolute Gasteiger partial charge is 0.381 e. The van der Waals surface area contributed by atoms with Crippen molar-refractivity contribution in [1.82, 2.24) is 0 Å². The number of halogens is 3. The third-order valence-corrected chi connectivity index (χ3v) is 4.01. The molecule has 0 aliphatic heterocycles. The lowest BCUT2D eigenvalue weighted by Crippen LogP contribution is -2.01. The minimum absolute atomic E-state index is 0.224. The van der Waals surface area contributed by atoms with Crippen LogP contribution in [0.5, 0.6) is 0 Å². The van der Waals surface area contributed by atoms with Gasteiger partial charge in [-0.25, -0.2) is 4.39 Å². The SMILES string of the molecule is Cc1cc(Br)c(CNc2ccc(F)cc2)c(Br)c1. The van der Waals surface area contributed by atoms with Crippen LogP contribution in [0, 0.1) is 12.7 Å². The third kappa shape index (κ3) is 3.33. The minimum Gasteiger partial charge on any atom is -0.381 e. The van der Waals surface area contributed by atoms with Crippen LogP contribution >= 0.6 is 31.9 Å². The zero-order valence-electron chi connectivity index (χ0n) is 9.81. The van der Waals surface area contributed by atoms with Crippen molar-refractivity contribution in [2.24, 2.45) is 0 Å². The van der Waals surface area contributed by atoms with Crippen LogP contribution in [0.25, 0.3) is 0 Å². The lowest BCUT2D eigenvalue weighted by molar-refractivity contribution is 0.628. The van der Waals surface area contributed by atoms with E-state index in [2.05, 4.69) is 49.3 Å². The van der Waals surface area contributed by atoms with E-state index in [1.54, 1.807) is 12.1 Å². The molecular formula is C14H12Br2FN. The van der Waals surface area contributed by atoms with Crippen molar-refractivity contribution in [1.29, 1.82) is 0 Å². The van der Waals surface area contributed by atoms with E-state index in [1.807, 2.05) is 6.92 Å². The van der Waals surface area contributed by atoms with Gasteiger partial charge in [0.15, 0.2) is 0 Å². The summed E-state index contributed by atoms with van der Waals surface area (Å²) >= 11 is 7.11. The van der Waals surface area contributed by atoms with Gasteiger partial charge in [-0.15, -0.1) is 0 Å². The molecule has 4 heteroatoms. The van der Waals surface area contributed by atoms with Crippen LogP contribution in [-0.2, 0) is 6.54 Å². The zero-order chi connectivity index (χ0) is 13.1. The molecule has 0 saturated heterocycles. The van der Waals surface area contributed by atoms with E-state index >= 15 is 0 Å². The van der Waals surface area contributed by atoms with E-state index in [1.165, 1.54) is 17.7 Å². The molecule has 1 N–H and O–H groups in total. The van der Waals surface area contributed by atoms with Crippen LogP contribution in [0.4, 0.5) is 10.1 Å². The Morgan fingerprint density at radius 2 is 1.61 bits per heavy atom. The van der Waals surface area contributed by atoms with E-state index in [-0.39, 0.29) is 5.82 Å². The minimum atomic E-state index is -0.224. The Bertz CT molecular complexity index is 529. The van der Waals surface area contributed by atoms with Gasteiger partial charge in [-0.2, -0.15) is 0 Å². The van der Waals surface area contributed by atoms with Crippen molar-refractivity contribution in [3.05, 3.63) is 62.3 Å². The van der Waals surface area contributed by atoms with Crippen LogP contribution < -0.4 is 5.32 Å². The van der Waals surface area contributed by atoms with Gasteiger partial charge in [-0.05, 0) is 54.4 Å². The Kier molecular flexibility index (Phi) is 4.40. The first-order valence-corrected chi connectivity index (χ1v) is 7.09. The molecule has 0 aromatic heterocycles. The van der Waals surface area contributed by atoms with Gasteiger partial charge in [-0.1, -0.05) is 31.9 Å². The molecule has 0 radical (unpaired) electrons. The van der Waals surface area contributed by atoms with Crippen molar-refractivity contribution < 1.29 is 4.39 Å². The normalized spacial score (nSPS) is 10.4. The number of hydrogen-bond acceptors (Lipinski definition) is 1. The van der Waals surface area contributed by atoms with Gasteiger partial charge in [0.25, 0.3) is 0 Å². The van der Waals surface area contributed by atoms with Crippen molar-refractivity contribution in [3.63, 3.8) is 0 Å². The standard InChI is InChI=1S/C14H12Br2FN/c1-9-6-13(15)12(14(16)7-9)8-18-11-4-2-10(17)3-5-11/h2-7,18H,8H2,1H3. The van der Waals surface area contributed by atoms with Crippen LogP contribution in [0.2, 0.25) is 0 Å². The first-order chi connectivity index (χ1) is 8.56. The van der Waals surface area contributed by atoms with Gasteiger partial charge in [-0.3, -0.25) is 0 Å². The predicted molar refractivity (Wildman–Crippen MR) is 80.3 cm³/mol. The third-order valence-electron chi connectivity index (χ3n) is 2.60. The van der Waals surface area contributed by atoms with Gasteiger partial charge in [0.05, 0.1) is 0 Å². The number of aryl methyl sites for hydroxylation is 1. The molecule has 2 rings (SSSR count). The number of benzene rings is 2. The van der Waals surface area contributed by atoms with E-state index in [9.17, 15) is 4.39 Å². The molecule has 2 aromatic rings. The molecule has 0 amide bonds. The second kappa shape index (κ2) is 5.85. The molecule has 18 heavy (non-hydrogen) atoms. The van der Waals surface area contributed by atoms with Crippen molar-refractivity contribution in [2.75, 3.05) is 5.32 Å². The predicted octanol–water partition coefficient (Wildman–Crippen LogP) is 5.27. The molecule has 0 unspecified atom stereocenters. The topological polar surface area (TPSA) is 12.0 Å². The quantitative estimate of drug-likeness (QED) is 0.773. The van der Waals surface area contributed by atoms with E-state index in [0.717, 1.165) is 20.2 Å². The summed E-state index contributed by atoms with van der Waals surface area (Å²) in [7, 11) is 0. The van der Waals surface area contributed by atoms with Crippen LogP contribution in [0.3, 0.4) is 0 Å². The average Bonchev–Trinajstić information content (AvgIpc) is 2.30. The van der Waals surface area contributed by atoms with E-state index < -0.39 is 0 Å². The summed E-state index contributed by atoms with van der Waals surface area (Å²) in [5.74, 6) is -0.224. The maximum absolute atomic E-state index is 12.8. The molecule has 0 bridgehead atoms. The van der Waals surface area contributed by atoms with E-state index in [0.29, 0.717) is 6.54 Å². The summed E-state index contributed by atoms with van der Waals surface area (Å²) in [5.41, 5.74) is 3.24. The fraction of sp³-hybridized carbons (Fsp3) is 0.143. The summed E-state index contributed by atoms with van der Waals surface area (Å²) in [6, 6.07) is 10.5. The van der Waals surface area contributed by atoms with Gasteiger partial charge >= 0.3 is 0 Å². The highest BCUT2D eigenvalue weighted by atomic mass is 79.9. The summed E-state index contributed by atoms with van der Waals surface area (Å²) in [5, 5.41) is 3.26. The molecule has 0 spiro atoms. The summed E-state index contributed by atoms with van der Waals surface area (Å²) in [6.07, 6.45) is 0. The zero-order valence-corrected chi connectivity index (χ0v) is 13.0. The lowest BCUT2D eigenvalue weighted by atomic mass is 10.1. The molecule has 0 saturated carbocycles. The number of anilines is 1. The van der Waals surface area contributed by atoms with Gasteiger partial charge in [0.1, 0.15) is 5.82 Å². The lowest BCUT2D eigenvalue weighted by Gasteiger charge is -2.11. The van der Waals surface area contributed by atoms with Crippen molar-refractivity contribution in [3.8, 4) is 0 Å². The Morgan fingerprint density at radius 1 is 1.06 bits per heavy atom. The summed E-state index contributed by atoms with van der Waals surface area (Å²) in [4.78, 5) is 0. The number of rotatable bonds is 3. The van der Waals surface area contributed by atoms with Crippen LogP contribution in [0.15, 0.2) is 45.3 Å². The number of nitrogens with one attached hydrogen (secondary N) is 1. The second-order valence-electron chi connectivity index (χ2n) is 4.07. The summed E-state index contributed by atoms with van der Waals surface area (Å²) in [6.45, 7) is 2.72. The maximum atomic E-state index is 12.8. The second-order valence-corrected chi connectivity index (χ2v) is 5.78. The van der Waals surface area contributed by atoms with Gasteiger partial charge in [0.2, 0.25) is 0 Å². The first kappa shape index (κ1) is 13.6. The fourth-order valence-corrected chi connectivity index (χ4v) is 3.35. The molecular weight excluding hydrogens is 361 g/mol. The molecule has 2 aromatic carbocycles. The maximum Gasteiger partial charge on any atom is 0.123 e. The Balaban J connectivity index is 2.13. The Labute approximate surface area is 123 Å². The molecule has 1 nitrogen and oxygen atoms in total. The highest BCUT2D eigenvalue weighted by Gasteiger charge is 2.06. The fourth-order valence-electron chi connectivity index (χ4n) is 1.66. The van der Waals surface area contributed by atoms with Crippen molar-refractivity contribution >= 4 is 37.5 Å². The average molecular weight is 373 g/mol. The first-order valence-electron chi connectivity index (χ1n) is 5.50. The van der Waals surface area contributed by atoms with Gasteiger partial charge in [0, 0.05) is 21.2 Å². The molecule has 0 fully saturated rings. The van der Waals surface area contributed by atoms with Crippen molar-refractivity contribution in [2.45, 2.75) is 13.5 Å². The number of hydrogen-bond donors (Lipinski definition) is 1. The van der Waals surface area contributed by atoms with Crippen LogP contribution in [0.1, 0.15) is 11.1 Å². The summed E-state index contributed by atoms with van der Waals surface area (Å²) < 4.78 is 14.9. The Morgan fingerprint density at radius 3 is 2.17 bits per heavy atom. The van der Waals surface area contributed by atoms with Gasteiger partial charge < -0.3 is 5.32 Å². The molecule has 0 aliphatic carbocycles. The smallest absolute Gasteiger partial charge is 0.123 e. The molecule has 0 heterocycles. The molecule has 0 atom stereocenters. The molecule has 0 aliphatic rings. The van der Waals surface area contributed by atoms with E-state index in [4.69, 9.17) is 0 Å². The highest BCUT2D eigenvalue weighted by molar-refractivity contribution is 9.11. The monoisotopic (exact) mass is 371 g/mol. The molecule has 94 valence electrons. The Hall–Kier alpha value is -0.870. The van der Waals surface area contributed by atoms with Crippen LogP contribution in [-0.4, -0.2) is 0 Å². The highest BCUT2D eigenvalue weighted by Crippen LogP contribution is 2.28.